The molecule has 0 aromatic heterocycles. The zero-order valence-corrected chi connectivity index (χ0v) is 21.8. The highest BCUT2D eigenvalue weighted by atomic mass is 16.5. The van der Waals surface area contributed by atoms with Crippen LogP contribution in [-0.2, 0) is 33.4 Å². The van der Waals surface area contributed by atoms with Crippen molar-refractivity contribution in [1.82, 2.24) is 0 Å². The van der Waals surface area contributed by atoms with E-state index >= 15 is 0 Å². The second-order valence-corrected chi connectivity index (χ2v) is 11.9. The van der Waals surface area contributed by atoms with Gasteiger partial charge in [-0.3, -0.25) is 19.2 Å². The van der Waals surface area contributed by atoms with Crippen molar-refractivity contribution in [1.29, 1.82) is 0 Å². The van der Waals surface area contributed by atoms with Crippen LogP contribution in [0.25, 0.3) is 0 Å². The van der Waals surface area contributed by atoms with E-state index < -0.39 is 46.0 Å². The van der Waals surface area contributed by atoms with E-state index in [0.717, 1.165) is 0 Å². The zero-order valence-electron chi connectivity index (χ0n) is 21.8. The minimum absolute atomic E-state index is 0.0500. The molecular formula is C27H40O9. The molecule has 4 fully saturated rings. The second-order valence-electron chi connectivity index (χ2n) is 11.9. The predicted octanol–water partition coefficient (Wildman–Crippen LogP) is 2.48. The predicted molar refractivity (Wildman–Crippen MR) is 126 cm³/mol. The first kappa shape index (κ1) is 27.0. The van der Waals surface area contributed by atoms with E-state index in [1.807, 2.05) is 6.92 Å². The molecule has 0 saturated heterocycles. The third-order valence-electron chi connectivity index (χ3n) is 10.3. The van der Waals surface area contributed by atoms with Gasteiger partial charge in [0, 0.05) is 43.9 Å². The Morgan fingerprint density at radius 2 is 1.47 bits per heavy atom. The number of fused-ring (bicyclic) bond motifs is 5. The van der Waals surface area contributed by atoms with Gasteiger partial charge < -0.3 is 24.4 Å². The molecule has 0 unspecified atom stereocenters. The first-order valence-electron chi connectivity index (χ1n) is 13.2. The van der Waals surface area contributed by atoms with Gasteiger partial charge in [0.2, 0.25) is 0 Å². The lowest BCUT2D eigenvalue weighted by atomic mass is 9.41. The number of carbonyl (C=O) groups is 4. The second kappa shape index (κ2) is 9.39. The van der Waals surface area contributed by atoms with Gasteiger partial charge in [0.05, 0.1) is 17.8 Å². The lowest BCUT2D eigenvalue weighted by molar-refractivity contribution is -0.272. The van der Waals surface area contributed by atoms with Crippen LogP contribution >= 0.6 is 0 Å². The highest BCUT2D eigenvalue weighted by Gasteiger charge is 2.72. The summed E-state index contributed by atoms with van der Waals surface area (Å²) < 4.78 is 16.0. The minimum Gasteiger partial charge on any atom is -0.465 e. The number of Topliss-reactive ketones (excluding diaryl/α,β-unsaturated/α-hetero) is 1. The van der Waals surface area contributed by atoms with Gasteiger partial charge >= 0.3 is 17.9 Å². The number of hydrogen-bond donors (Lipinski definition) is 2. The van der Waals surface area contributed by atoms with E-state index in [0.29, 0.717) is 51.4 Å². The van der Waals surface area contributed by atoms with Gasteiger partial charge in [-0.1, -0.05) is 6.92 Å². The number of ketones is 1. The van der Waals surface area contributed by atoms with E-state index in [-0.39, 0.29) is 43.2 Å². The van der Waals surface area contributed by atoms with Crippen LogP contribution in [0.15, 0.2) is 0 Å². The molecule has 4 aliphatic rings. The van der Waals surface area contributed by atoms with Crippen LogP contribution in [0.5, 0.6) is 0 Å². The average molecular weight is 509 g/mol. The van der Waals surface area contributed by atoms with Crippen molar-refractivity contribution in [3.63, 3.8) is 0 Å². The molecule has 36 heavy (non-hydrogen) atoms. The Balaban J connectivity index is 1.65. The molecule has 8 atom stereocenters. The Bertz CT molecular complexity index is 932. The topological polar surface area (TPSA) is 136 Å². The summed E-state index contributed by atoms with van der Waals surface area (Å²) >= 11 is 0. The maximum atomic E-state index is 13.0. The fourth-order valence-corrected chi connectivity index (χ4v) is 8.64. The van der Waals surface area contributed by atoms with Crippen LogP contribution in [0.3, 0.4) is 0 Å². The number of ether oxygens (including phenoxy) is 3. The van der Waals surface area contributed by atoms with Crippen LogP contribution in [0.4, 0.5) is 0 Å². The van der Waals surface area contributed by atoms with E-state index in [1.54, 1.807) is 0 Å². The molecule has 9 heteroatoms. The first-order valence-corrected chi connectivity index (χ1v) is 13.2. The quantitative estimate of drug-likeness (QED) is 0.409. The summed E-state index contributed by atoms with van der Waals surface area (Å²) in [7, 11) is 0. The highest BCUT2D eigenvalue weighted by Crippen LogP contribution is 2.70. The Labute approximate surface area is 212 Å². The molecule has 0 aromatic carbocycles. The highest BCUT2D eigenvalue weighted by molar-refractivity contribution is 5.85. The van der Waals surface area contributed by atoms with Gasteiger partial charge in [-0.2, -0.15) is 0 Å². The molecule has 0 spiro atoms. The largest absolute Gasteiger partial charge is 0.465 e. The van der Waals surface area contributed by atoms with Gasteiger partial charge in [0.25, 0.3) is 0 Å². The molecule has 4 rings (SSSR count). The number of hydrogen-bond acceptors (Lipinski definition) is 9. The Morgan fingerprint density at radius 3 is 2.11 bits per heavy atom. The monoisotopic (exact) mass is 508 g/mol. The SMILES string of the molecule is CC(=O)OCC(=O)[C@H]1CC[C@@]2(O)[C@@H]3CC[C@]4(O)C[C@H](OC(C)=O)CC[C@]4(COC(C)=O)[C@H]3CC[C@]12C. The van der Waals surface area contributed by atoms with Gasteiger partial charge in [-0.05, 0) is 63.2 Å². The van der Waals surface area contributed by atoms with Crippen molar-refractivity contribution in [3.8, 4) is 0 Å². The zero-order chi connectivity index (χ0) is 26.5. The van der Waals surface area contributed by atoms with Crippen molar-refractivity contribution in [3.05, 3.63) is 0 Å². The molecule has 2 N–H and O–H groups in total. The van der Waals surface area contributed by atoms with Crippen molar-refractivity contribution < 1.29 is 43.6 Å². The third kappa shape index (κ3) is 4.16. The van der Waals surface area contributed by atoms with Crippen molar-refractivity contribution in [2.24, 2.45) is 28.6 Å². The fourth-order valence-electron chi connectivity index (χ4n) is 8.64. The average Bonchev–Trinajstić information content (AvgIpc) is 3.06. The molecule has 202 valence electrons. The van der Waals surface area contributed by atoms with Gasteiger partial charge in [-0.25, -0.2) is 0 Å². The van der Waals surface area contributed by atoms with Crippen LogP contribution in [0.2, 0.25) is 0 Å². The van der Waals surface area contributed by atoms with Crippen molar-refractivity contribution in [2.75, 3.05) is 13.2 Å². The number of esters is 3. The van der Waals surface area contributed by atoms with Gasteiger partial charge in [-0.15, -0.1) is 0 Å². The first-order chi connectivity index (χ1) is 16.8. The summed E-state index contributed by atoms with van der Waals surface area (Å²) in [4.78, 5) is 47.8. The summed E-state index contributed by atoms with van der Waals surface area (Å²) in [6, 6.07) is 0. The smallest absolute Gasteiger partial charge is 0.303 e. The van der Waals surface area contributed by atoms with Crippen LogP contribution in [0, 0.1) is 28.6 Å². The summed E-state index contributed by atoms with van der Waals surface area (Å²) in [6.45, 7) is 5.72. The molecule has 0 bridgehead atoms. The van der Waals surface area contributed by atoms with Gasteiger partial charge in [0.15, 0.2) is 5.78 Å². The fraction of sp³-hybridized carbons (Fsp3) is 0.852. The lowest BCUT2D eigenvalue weighted by Crippen LogP contribution is -2.69. The maximum absolute atomic E-state index is 13.0. The molecule has 0 heterocycles. The minimum atomic E-state index is -1.20. The van der Waals surface area contributed by atoms with Crippen molar-refractivity contribution >= 4 is 23.7 Å². The number of rotatable bonds is 6. The van der Waals surface area contributed by atoms with E-state index in [2.05, 4.69) is 0 Å². The Morgan fingerprint density at radius 1 is 0.806 bits per heavy atom. The number of carbonyl (C=O) groups excluding carboxylic acids is 4. The standard InChI is InChI=1S/C27H40O9/c1-16(28)34-14-23(31)22-8-12-27(33)21-7-11-26(32)13-19(36-18(3)30)5-10-25(26,15-35-17(2)29)20(21)6-9-24(22,27)4/h19-22,32-33H,5-15H2,1-4H3/t19-,20+,21-,22-,24-,25+,26+,27-/m1/s1. The summed E-state index contributed by atoms with van der Waals surface area (Å²) in [5, 5.41) is 24.3. The molecule has 0 radical (unpaired) electrons. The van der Waals surface area contributed by atoms with Crippen LogP contribution < -0.4 is 0 Å². The Kier molecular flexibility index (Phi) is 7.05. The normalized spacial score (nSPS) is 43.4. The van der Waals surface area contributed by atoms with Gasteiger partial charge in [0.1, 0.15) is 12.7 Å². The molecule has 4 saturated carbocycles. The summed E-state index contributed by atoms with van der Waals surface area (Å²) in [5.41, 5.74) is -3.76. The van der Waals surface area contributed by atoms with Crippen molar-refractivity contribution in [2.45, 2.75) is 103 Å². The summed E-state index contributed by atoms with van der Waals surface area (Å²) in [5.74, 6) is -2.18. The lowest BCUT2D eigenvalue weighted by Gasteiger charge is -2.66. The molecule has 0 amide bonds. The van der Waals surface area contributed by atoms with Crippen LogP contribution in [0.1, 0.15) is 85.5 Å². The summed E-state index contributed by atoms with van der Waals surface area (Å²) in [6.07, 6.45) is 4.10. The van der Waals surface area contributed by atoms with E-state index in [9.17, 15) is 29.4 Å². The molecule has 0 aliphatic heterocycles. The van der Waals surface area contributed by atoms with Crippen LogP contribution in [-0.4, -0.2) is 64.4 Å². The third-order valence-corrected chi connectivity index (χ3v) is 10.3. The van der Waals surface area contributed by atoms with E-state index in [4.69, 9.17) is 14.2 Å². The number of aliphatic hydroxyl groups is 2. The Hall–Kier alpha value is -2.00. The molecule has 9 nitrogen and oxygen atoms in total. The maximum Gasteiger partial charge on any atom is 0.303 e. The van der Waals surface area contributed by atoms with E-state index in [1.165, 1.54) is 20.8 Å². The molecular weight excluding hydrogens is 468 g/mol. The molecule has 4 aliphatic carbocycles. The molecule has 0 aromatic rings.